The molecule has 2 rings (SSSR count). The second-order valence-electron chi connectivity index (χ2n) is 4.70. The van der Waals surface area contributed by atoms with E-state index in [1.165, 1.54) is 7.11 Å². The van der Waals surface area contributed by atoms with Gasteiger partial charge in [0.2, 0.25) is 0 Å². The molecule has 0 spiro atoms. The smallest absolute Gasteiger partial charge is 0.383 e. The number of nitrogens with two attached hydrogens (primary N) is 1. The van der Waals surface area contributed by atoms with Crippen LogP contribution in [-0.2, 0) is 11.0 Å². The summed E-state index contributed by atoms with van der Waals surface area (Å²) in [6.07, 6.45) is -4.62. The van der Waals surface area contributed by atoms with E-state index in [2.05, 4.69) is 17.2 Å². The number of hydrogen-bond donors (Lipinski definition) is 2. The molecule has 0 aliphatic rings. The lowest BCUT2D eigenvalue weighted by Gasteiger charge is -2.13. The Morgan fingerprint density at radius 2 is 1.96 bits per heavy atom. The number of nitrogen functional groups attached to an aromatic ring is 1. The molecule has 1 heterocycles. The number of rotatable bonds is 4. The van der Waals surface area contributed by atoms with Crippen molar-refractivity contribution in [3.8, 4) is 11.8 Å². The first-order valence-corrected chi connectivity index (χ1v) is 7.20. The molecule has 0 fully saturated rings. The van der Waals surface area contributed by atoms with Gasteiger partial charge in [0.25, 0.3) is 0 Å². The normalized spacial score (nSPS) is 11.2. The lowest BCUT2D eigenvalue weighted by atomic mass is 10.2. The number of hydrogen-bond acceptors (Lipinski definition) is 5. The van der Waals surface area contributed by atoms with Crippen LogP contribution in [0.2, 0.25) is 10.0 Å². The van der Waals surface area contributed by atoms with Gasteiger partial charge in [-0.2, -0.15) is 23.5 Å². The van der Waals surface area contributed by atoms with E-state index in [4.69, 9.17) is 33.8 Å². The predicted octanol–water partition coefficient (Wildman–Crippen LogP) is 3.77. The second kappa shape index (κ2) is 6.84. The Bertz CT molecular complexity index is 863. The Balaban J connectivity index is 2.68. The summed E-state index contributed by atoms with van der Waals surface area (Å²) >= 11 is 11.9. The molecule has 25 heavy (non-hydrogen) atoms. The number of aromatic nitrogens is 2. The Morgan fingerprint density at radius 1 is 1.40 bits per heavy atom. The topological polar surface area (TPSA) is 88.9 Å². The monoisotopic (exact) mass is 391 g/mol. The van der Waals surface area contributed by atoms with Crippen molar-refractivity contribution in [2.75, 3.05) is 12.8 Å². The van der Waals surface area contributed by atoms with Gasteiger partial charge in [-0.1, -0.05) is 29.8 Å². The van der Waals surface area contributed by atoms with Crippen LogP contribution in [0.4, 0.5) is 19.0 Å². The second-order valence-corrected chi connectivity index (χ2v) is 5.52. The number of nitrogens with one attached hydrogen (secondary N) is 1. The molecule has 0 unspecified atom stereocenters. The standard InChI is InChI=1S/C14H10Cl2F3N5O/c1-6(23-25-2)11-10(5-20)22-24(13(11)21)12-8(15)3-7(4-9(12)16)14(17,18)19/h3-4,23H,1,21H2,2H3. The van der Waals surface area contributed by atoms with Crippen LogP contribution in [0, 0.1) is 11.3 Å². The Labute approximate surface area is 150 Å². The maximum Gasteiger partial charge on any atom is 0.416 e. The first kappa shape index (κ1) is 18.9. The number of alkyl halides is 3. The molecule has 11 heteroatoms. The summed E-state index contributed by atoms with van der Waals surface area (Å²) in [7, 11) is 1.32. The van der Waals surface area contributed by atoms with E-state index >= 15 is 0 Å². The van der Waals surface area contributed by atoms with Crippen molar-refractivity contribution >= 4 is 34.7 Å². The summed E-state index contributed by atoms with van der Waals surface area (Å²) in [5.74, 6) is -0.102. The maximum atomic E-state index is 12.8. The van der Waals surface area contributed by atoms with Gasteiger partial charge in [-0.15, -0.1) is 0 Å². The van der Waals surface area contributed by atoms with Crippen LogP contribution in [0.3, 0.4) is 0 Å². The number of nitriles is 1. The Kier molecular flexibility index (Phi) is 5.17. The molecule has 1 aromatic carbocycles. The minimum Gasteiger partial charge on any atom is -0.383 e. The molecule has 1 aromatic heterocycles. The summed E-state index contributed by atoms with van der Waals surface area (Å²) in [6, 6.07) is 3.19. The van der Waals surface area contributed by atoms with Gasteiger partial charge >= 0.3 is 6.18 Å². The molecule has 0 amide bonds. The largest absolute Gasteiger partial charge is 0.416 e. The van der Waals surface area contributed by atoms with E-state index in [1.807, 2.05) is 0 Å². The Hall–Kier alpha value is -2.41. The highest BCUT2D eigenvalue weighted by molar-refractivity contribution is 6.38. The SMILES string of the molecule is C=C(NOC)c1c(C#N)nn(-c2c(Cl)cc(C(F)(F)F)cc2Cl)c1N. The predicted molar refractivity (Wildman–Crippen MR) is 86.9 cm³/mol. The number of halogens is 5. The number of hydroxylamine groups is 1. The van der Waals surface area contributed by atoms with Crippen LogP contribution < -0.4 is 11.2 Å². The van der Waals surface area contributed by atoms with Gasteiger partial charge in [-0.25, -0.2) is 4.68 Å². The van der Waals surface area contributed by atoms with Gasteiger partial charge in [0.1, 0.15) is 17.6 Å². The van der Waals surface area contributed by atoms with E-state index in [-0.39, 0.29) is 38.5 Å². The minimum atomic E-state index is -4.62. The zero-order valence-corrected chi connectivity index (χ0v) is 14.1. The summed E-state index contributed by atoms with van der Waals surface area (Å²) in [5.41, 5.74) is 7.34. The number of benzene rings is 1. The first-order valence-electron chi connectivity index (χ1n) is 6.45. The highest BCUT2D eigenvalue weighted by atomic mass is 35.5. The minimum absolute atomic E-state index is 0.0956. The third kappa shape index (κ3) is 3.51. The zero-order valence-electron chi connectivity index (χ0n) is 12.6. The van der Waals surface area contributed by atoms with Crippen LogP contribution in [0.5, 0.6) is 0 Å². The van der Waals surface area contributed by atoms with E-state index in [0.717, 1.165) is 4.68 Å². The van der Waals surface area contributed by atoms with E-state index in [9.17, 15) is 18.4 Å². The molecular weight excluding hydrogens is 382 g/mol. The van der Waals surface area contributed by atoms with E-state index < -0.39 is 11.7 Å². The molecule has 0 saturated heterocycles. The summed E-state index contributed by atoms with van der Waals surface area (Å²) < 4.78 is 39.5. The molecular formula is C14H10Cl2F3N5O. The Morgan fingerprint density at radius 3 is 2.40 bits per heavy atom. The van der Waals surface area contributed by atoms with Crippen molar-refractivity contribution < 1.29 is 18.0 Å². The van der Waals surface area contributed by atoms with Crippen molar-refractivity contribution in [1.82, 2.24) is 15.3 Å². The fourth-order valence-corrected chi connectivity index (χ4v) is 2.73. The van der Waals surface area contributed by atoms with Crippen LogP contribution in [0.15, 0.2) is 18.7 Å². The average molecular weight is 392 g/mol. The molecule has 6 nitrogen and oxygen atoms in total. The molecule has 0 aliphatic heterocycles. The summed E-state index contributed by atoms with van der Waals surface area (Å²) in [6.45, 7) is 3.65. The molecule has 2 aromatic rings. The average Bonchev–Trinajstić information content (AvgIpc) is 2.82. The molecule has 0 aliphatic carbocycles. The maximum absolute atomic E-state index is 12.8. The van der Waals surface area contributed by atoms with Crippen molar-refractivity contribution in [1.29, 1.82) is 5.26 Å². The molecule has 0 saturated carbocycles. The molecule has 132 valence electrons. The quantitative estimate of drug-likeness (QED) is 0.774. The van der Waals surface area contributed by atoms with Gasteiger partial charge < -0.3 is 5.73 Å². The first-order chi connectivity index (χ1) is 11.6. The van der Waals surface area contributed by atoms with Crippen molar-refractivity contribution in [3.63, 3.8) is 0 Å². The van der Waals surface area contributed by atoms with Gasteiger partial charge in [-0.05, 0) is 12.1 Å². The number of anilines is 1. The summed E-state index contributed by atoms with van der Waals surface area (Å²) in [4.78, 5) is 4.70. The van der Waals surface area contributed by atoms with Gasteiger partial charge in [0.15, 0.2) is 5.69 Å². The third-order valence-electron chi connectivity index (χ3n) is 3.11. The van der Waals surface area contributed by atoms with Crippen LogP contribution in [-0.4, -0.2) is 16.9 Å². The van der Waals surface area contributed by atoms with Gasteiger partial charge in [-0.3, -0.25) is 10.3 Å². The highest BCUT2D eigenvalue weighted by Crippen LogP contribution is 2.39. The van der Waals surface area contributed by atoms with Crippen LogP contribution in [0.1, 0.15) is 16.8 Å². The number of nitrogens with zero attached hydrogens (tertiary/aromatic N) is 3. The van der Waals surface area contributed by atoms with Crippen molar-refractivity contribution in [3.05, 3.63) is 45.6 Å². The lowest BCUT2D eigenvalue weighted by Crippen LogP contribution is -2.12. The van der Waals surface area contributed by atoms with Crippen molar-refractivity contribution in [2.45, 2.75) is 6.18 Å². The van der Waals surface area contributed by atoms with E-state index in [0.29, 0.717) is 12.1 Å². The molecule has 3 N–H and O–H groups in total. The fraction of sp³-hybridized carbons (Fsp3) is 0.143. The van der Waals surface area contributed by atoms with Gasteiger partial charge in [0, 0.05) is 0 Å². The zero-order chi connectivity index (χ0) is 18.9. The molecule has 0 radical (unpaired) electrons. The van der Waals surface area contributed by atoms with Crippen LogP contribution >= 0.6 is 23.2 Å². The molecule has 0 bridgehead atoms. The fourth-order valence-electron chi connectivity index (χ4n) is 2.08. The van der Waals surface area contributed by atoms with Crippen LogP contribution in [0.25, 0.3) is 11.4 Å². The third-order valence-corrected chi connectivity index (χ3v) is 3.69. The lowest BCUT2D eigenvalue weighted by molar-refractivity contribution is -0.137. The summed E-state index contributed by atoms with van der Waals surface area (Å²) in [5, 5.41) is 12.5. The molecule has 0 atom stereocenters. The van der Waals surface area contributed by atoms with E-state index in [1.54, 1.807) is 6.07 Å². The highest BCUT2D eigenvalue weighted by Gasteiger charge is 2.33. The van der Waals surface area contributed by atoms with Gasteiger partial charge in [0.05, 0.1) is 34.0 Å². The van der Waals surface area contributed by atoms with Crippen molar-refractivity contribution in [2.24, 2.45) is 0 Å².